The molecule has 0 saturated carbocycles. The van der Waals surface area contributed by atoms with Crippen LogP contribution >= 0.6 is 0 Å². The maximum absolute atomic E-state index is 13.5. The van der Waals surface area contributed by atoms with Crippen LogP contribution in [0.3, 0.4) is 0 Å². The molecular weight excluding hydrogens is 331 g/mol. The molecule has 0 aliphatic heterocycles. The van der Waals surface area contributed by atoms with Crippen LogP contribution in [0.5, 0.6) is 0 Å². The summed E-state index contributed by atoms with van der Waals surface area (Å²) in [7, 11) is 0. The van der Waals surface area contributed by atoms with E-state index >= 15 is 0 Å². The van der Waals surface area contributed by atoms with E-state index in [0.29, 0.717) is 0 Å². The fourth-order valence-corrected chi connectivity index (χ4v) is 3.54. The van der Waals surface area contributed by atoms with Gasteiger partial charge in [0.1, 0.15) is 5.82 Å². The van der Waals surface area contributed by atoms with Crippen LogP contribution in [0, 0.1) is 5.82 Å². The molecule has 0 amide bonds. The molecule has 1 heteroatoms. The minimum absolute atomic E-state index is 0.191. The van der Waals surface area contributed by atoms with Gasteiger partial charge in [0.05, 0.1) is 0 Å². The predicted molar refractivity (Wildman–Crippen MR) is 117 cm³/mol. The van der Waals surface area contributed by atoms with Gasteiger partial charge in [-0.2, -0.15) is 0 Å². The Balaban J connectivity index is 0.000000413. The van der Waals surface area contributed by atoms with Crippen LogP contribution in [-0.2, 0) is 0 Å². The quantitative estimate of drug-likeness (QED) is 0.164. The molecule has 0 radical (unpaired) electrons. The molecule has 0 saturated heterocycles. The number of fused-ring (bicyclic) bond motifs is 6. The summed E-state index contributed by atoms with van der Waals surface area (Å²) >= 11 is 0. The largest absolute Gasteiger partial charge is 0.207 e. The second-order valence-electron chi connectivity index (χ2n) is 6.48. The smallest absolute Gasteiger partial charge is 0.123 e. The van der Waals surface area contributed by atoms with Crippen molar-refractivity contribution < 1.29 is 4.39 Å². The first-order valence-corrected chi connectivity index (χ1v) is 8.88. The average Bonchev–Trinajstić information content (AvgIpc) is 2.71. The third-order valence-electron chi connectivity index (χ3n) is 4.83. The molecular formula is C26H19F. The van der Waals surface area contributed by atoms with Gasteiger partial charge in [0, 0.05) is 0 Å². The zero-order valence-corrected chi connectivity index (χ0v) is 15.0. The summed E-state index contributed by atoms with van der Waals surface area (Å²) in [5.41, 5.74) is 0. The lowest BCUT2D eigenvalue weighted by Crippen LogP contribution is -1.83. The summed E-state index contributed by atoms with van der Waals surface area (Å²) in [6, 6.07) is 26.3. The predicted octanol–water partition coefficient (Wildman–Crippen LogP) is 7.80. The van der Waals surface area contributed by atoms with Crippen molar-refractivity contribution in [3.8, 4) is 0 Å². The summed E-state index contributed by atoms with van der Waals surface area (Å²) in [4.78, 5) is 0. The van der Waals surface area contributed by atoms with Crippen molar-refractivity contribution in [3.63, 3.8) is 0 Å². The summed E-state index contributed by atoms with van der Waals surface area (Å²) < 4.78 is 13.5. The van der Waals surface area contributed by atoms with Crippen molar-refractivity contribution in [2.24, 2.45) is 0 Å². The molecule has 0 aliphatic carbocycles. The summed E-state index contributed by atoms with van der Waals surface area (Å²) in [5.74, 6) is -0.191. The highest BCUT2D eigenvalue weighted by atomic mass is 19.1. The molecule has 0 unspecified atom stereocenters. The number of allylic oxidation sites excluding steroid dienone is 2. The minimum Gasteiger partial charge on any atom is -0.207 e. The van der Waals surface area contributed by atoms with Gasteiger partial charge in [-0.05, 0) is 67.4 Å². The zero-order valence-electron chi connectivity index (χ0n) is 15.0. The Bertz CT molecular complexity index is 1310. The first-order chi connectivity index (χ1) is 13.2. The molecule has 0 bridgehead atoms. The third-order valence-corrected chi connectivity index (χ3v) is 4.83. The highest BCUT2D eigenvalue weighted by Crippen LogP contribution is 2.33. The summed E-state index contributed by atoms with van der Waals surface area (Å²) in [6.45, 7) is 6.72. The summed E-state index contributed by atoms with van der Waals surface area (Å²) in [6.07, 6.45) is 3.28. The lowest BCUT2D eigenvalue weighted by atomic mass is 9.95. The fourth-order valence-electron chi connectivity index (χ4n) is 3.54. The molecule has 27 heavy (non-hydrogen) atoms. The van der Waals surface area contributed by atoms with Gasteiger partial charge >= 0.3 is 0 Å². The van der Waals surface area contributed by atoms with Crippen LogP contribution in [-0.4, -0.2) is 0 Å². The Morgan fingerprint density at radius 3 is 1.74 bits per heavy atom. The molecule has 130 valence electrons. The first-order valence-electron chi connectivity index (χ1n) is 8.88. The SMILES string of the molecule is C=CC=C.Fc1ccc2c(ccc3c4cc5ccccc5cc4ccc23)c1. The topological polar surface area (TPSA) is 0 Å². The van der Waals surface area contributed by atoms with E-state index in [1.807, 2.05) is 12.1 Å². The molecule has 0 atom stereocenters. The summed E-state index contributed by atoms with van der Waals surface area (Å²) in [5, 5.41) is 9.40. The van der Waals surface area contributed by atoms with Crippen molar-refractivity contribution in [1.29, 1.82) is 0 Å². The highest BCUT2D eigenvalue weighted by molar-refractivity contribution is 6.19. The molecule has 0 fully saturated rings. The van der Waals surface area contributed by atoms with Crippen LogP contribution in [0.15, 0.2) is 104 Å². The van der Waals surface area contributed by atoms with E-state index in [-0.39, 0.29) is 5.82 Å². The zero-order chi connectivity index (χ0) is 18.8. The van der Waals surface area contributed by atoms with Gasteiger partial charge in [-0.15, -0.1) is 0 Å². The number of halogens is 1. The second kappa shape index (κ2) is 7.05. The van der Waals surface area contributed by atoms with E-state index in [1.165, 1.54) is 38.4 Å². The molecule has 5 aromatic carbocycles. The van der Waals surface area contributed by atoms with Crippen LogP contribution in [0.1, 0.15) is 0 Å². The van der Waals surface area contributed by atoms with Gasteiger partial charge in [0.25, 0.3) is 0 Å². The van der Waals surface area contributed by atoms with E-state index in [2.05, 4.69) is 67.8 Å². The van der Waals surface area contributed by atoms with Crippen molar-refractivity contribution in [2.75, 3.05) is 0 Å². The molecule has 5 aromatic rings. The van der Waals surface area contributed by atoms with Gasteiger partial charge < -0.3 is 0 Å². The van der Waals surface area contributed by atoms with Crippen molar-refractivity contribution in [3.05, 3.63) is 110 Å². The number of hydrogen-bond acceptors (Lipinski definition) is 0. The van der Waals surface area contributed by atoms with Crippen LogP contribution in [0.2, 0.25) is 0 Å². The van der Waals surface area contributed by atoms with Gasteiger partial charge in [-0.3, -0.25) is 0 Å². The van der Waals surface area contributed by atoms with E-state index in [1.54, 1.807) is 18.2 Å². The second-order valence-corrected chi connectivity index (χ2v) is 6.48. The van der Waals surface area contributed by atoms with Gasteiger partial charge in [-0.25, -0.2) is 4.39 Å². The Hall–Kier alpha value is -3.45. The number of rotatable bonds is 1. The van der Waals surface area contributed by atoms with E-state index in [9.17, 15) is 4.39 Å². The van der Waals surface area contributed by atoms with Crippen molar-refractivity contribution >= 4 is 43.1 Å². The molecule has 0 aliphatic rings. The van der Waals surface area contributed by atoms with Crippen LogP contribution in [0.4, 0.5) is 4.39 Å². The highest BCUT2D eigenvalue weighted by Gasteiger charge is 2.06. The molecule has 0 spiro atoms. The van der Waals surface area contributed by atoms with Gasteiger partial charge in [-0.1, -0.05) is 79.9 Å². The molecule has 5 rings (SSSR count). The number of hydrogen-bond donors (Lipinski definition) is 0. The fraction of sp³-hybridized carbons (Fsp3) is 0. The van der Waals surface area contributed by atoms with Crippen molar-refractivity contribution in [2.45, 2.75) is 0 Å². The van der Waals surface area contributed by atoms with E-state index in [0.717, 1.165) is 10.8 Å². The van der Waals surface area contributed by atoms with E-state index in [4.69, 9.17) is 0 Å². The molecule has 0 N–H and O–H groups in total. The Labute approximate surface area is 157 Å². The standard InChI is InChI=1S/C22H13F.C4H6/c23-18-7-10-19-17(12-18)6-9-21-20(19)8-5-16-11-14-3-1-2-4-15(14)13-22(16)21;1-3-4-2/h1-13H;3-4H,1-2H2. The average molecular weight is 350 g/mol. The van der Waals surface area contributed by atoms with E-state index < -0.39 is 0 Å². The van der Waals surface area contributed by atoms with Crippen LogP contribution in [0.25, 0.3) is 43.1 Å². The molecule has 0 aromatic heterocycles. The lowest BCUT2D eigenvalue weighted by Gasteiger charge is -2.09. The van der Waals surface area contributed by atoms with Crippen molar-refractivity contribution in [1.82, 2.24) is 0 Å². The molecule has 0 nitrogen and oxygen atoms in total. The lowest BCUT2D eigenvalue weighted by molar-refractivity contribution is 0.630. The Morgan fingerprint density at radius 2 is 1.07 bits per heavy atom. The Kier molecular flexibility index (Phi) is 4.43. The monoisotopic (exact) mass is 350 g/mol. The maximum atomic E-state index is 13.5. The maximum Gasteiger partial charge on any atom is 0.123 e. The Morgan fingerprint density at radius 1 is 0.519 bits per heavy atom. The van der Waals surface area contributed by atoms with Gasteiger partial charge in [0.15, 0.2) is 0 Å². The minimum atomic E-state index is -0.191. The molecule has 0 heterocycles. The third kappa shape index (κ3) is 3.09. The normalized spacial score (nSPS) is 10.7. The van der Waals surface area contributed by atoms with Gasteiger partial charge in [0.2, 0.25) is 0 Å². The first kappa shape index (κ1) is 17.0. The number of benzene rings is 5. The van der Waals surface area contributed by atoms with Crippen LogP contribution < -0.4 is 0 Å².